The lowest BCUT2D eigenvalue weighted by Gasteiger charge is -2.31. The van der Waals surface area contributed by atoms with Gasteiger partial charge in [-0.2, -0.15) is 5.10 Å². The number of fused-ring (bicyclic) bond motifs is 1. The van der Waals surface area contributed by atoms with Crippen molar-refractivity contribution >= 4 is 29.1 Å². The molecule has 0 fully saturated rings. The molecule has 2 atom stereocenters. The second-order valence-electron chi connectivity index (χ2n) is 5.94. The Bertz CT molecular complexity index is 816. The fraction of sp³-hybridized carbons (Fsp3) is 0.353. The van der Waals surface area contributed by atoms with E-state index >= 15 is 0 Å². The molecule has 24 heavy (non-hydrogen) atoms. The van der Waals surface area contributed by atoms with Crippen LogP contribution < -0.4 is 0 Å². The Kier molecular flexibility index (Phi) is 4.41. The summed E-state index contributed by atoms with van der Waals surface area (Å²) in [6, 6.07) is 5.65. The Labute approximate surface area is 144 Å². The minimum atomic E-state index is -0.723. The van der Waals surface area contributed by atoms with Crippen LogP contribution in [0.1, 0.15) is 32.4 Å². The van der Waals surface area contributed by atoms with Crippen LogP contribution in [-0.4, -0.2) is 27.6 Å². The van der Waals surface area contributed by atoms with Gasteiger partial charge in [0, 0.05) is 11.8 Å². The van der Waals surface area contributed by atoms with Gasteiger partial charge >= 0.3 is 5.97 Å². The highest BCUT2D eigenvalue weighted by atomic mass is 35.5. The Morgan fingerprint density at radius 1 is 1.38 bits per heavy atom. The van der Waals surface area contributed by atoms with E-state index in [0.29, 0.717) is 17.1 Å². The van der Waals surface area contributed by atoms with Crippen molar-refractivity contribution in [3.63, 3.8) is 0 Å². The van der Waals surface area contributed by atoms with Crippen molar-refractivity contribution in [2.24, 2.45) is 10.9 Å². The van der Waals surface area contributed by atoms with E-state index in [4.69, 9.17) is 16.3 Å². The van der Waals surface area contributed by atoms with E-state index in [-0.39, 0.29) is 11.1 Å². The maximum Gasteiger partial charge on any atom is 0.317 e. The van der Waals surface area contributed by atoms with Crippen LogP contribution in [0.25, 0.3) is 0 Å². The average Bonchev–Trinajstić information content (AvgIpc) is 2.96. The van der Waals surface area contributed by atoms with Crippen LogP contribution >= 0.6 is 11.6 Å². The number of nitrogens with zero attached hydrogens (tertiary/aromatic N) is 3. The molecule has 0 saturated carbocycles. The molecule has 0 saturated heterocycles. The zero-order chi connectivity index (χ0) is 17.4. The number of aromatic nitrogens is 2. The molecular formula is C17H17ClFN3O2. The van der Waals surface area contributed by atoms with E-state index in [9.17, 15) is 9.18 Å². The minimum Gasteiger partial charge on any atom is -0.462 e. The van der Waals surface area contributed by atoms with Crippen molar-refractivity contribution in [3.05, 3.63) is 46.9 Å². The van der Waals surface area contributed by atoms with Gasteiger partial charge in [0.25, 0.3) is 0 Å². The van der Waals surface area contributed by atoms with E-state index < -0.39 is 23.7 Å². The van der Waals surface area contributed by atoms with Crippen LogP contribution in [-0.2, 0) is 9.53 Å². The van der Waals surface area contributed by atoms with Gasteiger partial charge in [-0.3, -0.25) is 4.79 Å². The molecular weight excluding hydrogens is 333 g/mol. The SMILES string of the molecule is CC1=Nc2ccnn2C(c2cccc(F)c2Cl)C1C(=O)OC(C)C. The molecule has 2 aromatic rings. The number of hydrogen-bond donors (Lipinski definition) is 0. The number of esters is 1. The third-order valence-electron chi connectivity index (χ3n) is 3.88. The number of hydrogen-bond acceptors (Lipinski definition) is 4. The fourth-order valence-corrected chi connectivity index (χ4v) is 3.13. The fourth-order valence-electron chi connectivity index (χ4n) is 2.90. The topological polar surface area (TPSA) is 56.5 Å². The summed E-state index contributed by atoms with van der Waals surface area (Å²) in [6.45, 7) is 5.30. The molecule has 0 amide bonds. The van der Waals surface area contributed by atoms with Gasteiger partial charge in [-0.1, -0.05) is 23.7 Å². The van der Waals surface area contributed by atoms with Crippen LogP contribution in [0.4, 0.5) is 10.2 Å². The molecule has 1 aromatic carbocycles. The molecule has 0 radical (unpaired) electrons. The largest absolute Gasteiger partial charge is 0.462 e. The van der Waals surface area contributed by atoms with E-state index in [1.807, 2.05) is 0 Å². The first-order valence-corrected chi connectivity index (χ1v) is 8.01. The van der Waals surface area contributed by atoms with Crippen molar-refractivity contribution in [2.45, 2.75) is 32.9 Å². The van der Waals surface area contributed by atoms with Gasteiger partial charge in [-0.15, -0.1) is 0 Å². The van der Waals surface area contributed by atoms with Gasteiger partial charge in [0.2, 0.25) is 0 Å². The molecule has 1 aromatic heterocycles. The highest BCUT2D eigenvalue weighted by Gasteiger charge is 2.40. The Morgan fingerprint density at radius 3 is 2.83 bits per heavy atom. The zero-order valence-electron chi connectivity index (χ0n) is 13.5. The molecule has 0 N–H and O–H groups in total. The summed E-state index contributed by atoms with van der Waals surface area (Å²) in [5.41, 5.74) is 1.06. The van der Waals surface area contributed by atoms with Gasteiger partial charge in [0.1, 0.15) is 11.7 Å². The normalized spacial score (nSPS) is 19.8. The predicted molar refractivity (Wildman–Crippen MR) is 89.3 cm³/mol. The van der Waals surface area contributed by atoms with E-state index in [1.165, 1.54) is 6.07 Å². The minimum absolute atomic E-state index is 0.0269. The highest BCUT2D eigenvalue weighted by molar-refractivity contribution is 6.31. The van der Waals surface area contributed by atoms with Crippen molar-refractivity contribution in [2.75, 3.05) is 0 Å². The number of benzene rings is 1. The molecule has 1 aliphatic rings. The second kappa shape index (κ2) is 6.36. The molecule has 3 rings (SSSR count). The molecule has 2 unspecified atom stereocenters. The zero-order valence-corrected chi connectivity index (χ0v) is 14.3. The third-order valence-corrected chi connectivity index (χ3v) is 4.27. The van der Waals surface area contributed by atoms with Crippen LogP contribution in [0.2, 0.25) is 5.02 Å². The molecule has 7 heteroatoms. The third kappa shape index (κ3) is 2.82. The number of carbonyl (C=O) groups excluding carboxylic acids is 1. The number of ether oxygens (including phenoxy) is 1. The van der Waals surface area contributed by atoms with Crippen LogP contribution in [0.3, 0.4) is 0 Å². The van der Waals surface area contributed by atoms with E-state index in [0.717, 1.165) is 0 Å². The molecule has 0 aliphatic carbocycles. The maximum atomic E-state index is 14.0. The molecule has 2 heterocycles. The van der Waals surface area contributed by atoms with Gasteiger partial charge in [-0.05, 0) is 32.4 Å². The number of carbonyl (C=O) groups is 1. The Hall–Kier alpha value is -2.21. The standard InChI is InChI=1S/C17H17ClFN3O2/c1-9(2)24-17(23)14-10(3)21-13-7-8-20-22(13)16(14)11-5-4-6-12(19)15(11)18/h4-9,14,16H,1-3H3. The summed E-state index contributed by atoms with van der Waals surface area (Å²) < 4.78 is 20.9. The summed E-state index contributed by atoms with van der Waals surface area (Å²) in [7, 11) is 0. The summed E-state index contributed by atoms with van der Waals surface area (Å²) in [6.07, 6.45) is 1.32. The van der Waals surface area contributed by atoms with Crippen molar-refractivity contribution < 1.29 is 13.9 Å². The Morgan fingerprint density at radius 2 is 2.12 bits per heavy atom. The number of rotatable bonds is 3. The summed E-state index contributed by atoms with van der Waals surface area (Å²) in [5.74, 6) is -1.11. The molecule has 1 aliphatic heterocycles. The van der Waals surface area contributed by atoms with Gasteiger partial charge in [0.05, 0.1) is 23.4 Å². The quantitative estimate of drug-likeness (QED) is 0.789. The van der Waals surface area contributed by atoms with Crippen LogP contribution in [0.15, 0.2) is 35.5 Å². The number of aliphatic imine (C=N–C) groups is 1. The van der Waals surface area contributed by atoms with Gasteiger partial charge in [-0.25, -0.2) is 14.1 Å². The lowest BCUT2D eigenvalue weighted by molar-refractivity contribution is -0.151. The summed E-state index contributed by atoms with van der Waals surface area (Å²) >= 11 is 6.18. The highest BCUT2D eigenvalue weighted by Crippen LogP contribution is 2.39. The van der Waals surface area contributed by atoms with Crippen LogP contribution in [0.5, 0.6) is 0 Å². The summed E-state index contributed by atoms with van der Waals surface area (Å²) in [4.78, 5) is 17.1. The Balaban J connectivity index is 2.16. The average molecular weight is 350 g/mol. The maximum absolute atomic E-state index is 14.0. The van der Waals surface area contributed by atoms with Crippen molar-refractivity contribution in [1.82, 2.24) is 9.78 Å². The van der Waals surface area contributed by atoms with Crippen LogP contribution in [0, 0.1) is 11.7 Å². The van der Waals surface area contributed by atoms with Gasteiger partial charge in [0.15, 0.2) is 5.82 Å². The van der Waals surface area contributed by atoms with Crippen molar-refractivity contribution in [3.8, 4) is 0 Å². The molecule has 0 bridgehead atoms. The monoisotopic (exact) mass is 349 g/mol. The summed E-state index contributed by atoms with van der Waals surface area (Å²) in [5, 5.41) is 4.23. The predicted octanol–water partition coefficient (Wildman–Crippen LogP) is 3.94. The molecule has 126 valence electrons. The lowest BCUT2D eigenvalue weighted by atomic mass is 9.88. The first-order valence-electron chi connectivity index (χ1n) is 7.63. The van der Waals surface area contributed by atoms with E-state index in [1.54, 1.807) is 49.8 Å². The molecule has 5 nitrogen and oxygen atoms in total. The van der Waals surface area contributed by atoms with Crippen molar-refractivity contribution in [1.29, 1.82) is 0 Å². The smallest absolute Gasteiger partial charge is 0.317 e. The second-order valence-corrected chi connectivity index (χ2v) is 6.32. The first-order chi connectivity index (χ1) is 11.4. The molecule has 0 spiro atoms. The van der Waals surface area contributed by atoms with Gasteiger partial charge < -0.3 is 4.74 Å². The first kappa shape index (κ1) is 16.6. The van der Waals surface area contributed by atoms with E-state index in [2.05, 4.69) is 10.1 Å². The number of halogens is 2. The lowest BCUT2D eigenvalue weighted by Crippen LogP contribution is -2.38.